The Morgan fingerprint density at radius 3 is 2.72 bits per heavy atom. The van der Waals surface area contributed by atoms with Gasteiger partial charge in [-0.05, 0) is 38.1 Å². The van der Waals surface area contributed by atoms with E-state index in [4.69, 9.17) is 16.3 Å². The fourth-order valence-corrected chi connectivity index (χ4v) is 6.02. The molecule has 3 heterocycles. The minimum Gasteiger partial charge on any atom is -0.379 e. The first-order valence-corrected chi connectivity index (χ1v) is 12.6. The highest BCUT2D eigenvalue weighted by Crippen LogP contribution is 2.28. The Morgan fingerprint density at radius 1 is 1.22 bits per heavy atom. The lowest BCUT2D eigenvalue weighted by Crippen LogP contribution is -2.40. The standard InChI is InChI=1S/C19H21ClN6O4S2/c1-12-9-13(2)26-18(21-12)23-24-19(26)31-11-17(27)22-14-3-4-15(20)16(10-14)32(28,29)25-5-7-30-8-6-25/h3-4,9-10H,5-8,11H2,1-2H3,(H,22,27). The molecule has 3 aromatic rings. The fourth-order valence-electron chi connectivity index (χ4n) is 3.33. The summed E-state index contributed by atoms with van der Waals surface area (Å²) in [4.78, 5) is 16.8. The minimum atomic E-state index is -3.80. The van der Waals surface area contributed by atoms with Gasteiger partial charge in [0.2, 0.25) is 15.9 Å². The average Bonchev–Trinajstić information content (AvgIpc) is 3.17. The molecule has 0 spiro atoms. The van der Waals surface area contributed by atoms with Crippen LogP contribution >= 0.6 is 23.4 Å². The molecule has 1 aliphatic rings. The normalized spacial score (nSPS) is 15.2. The molecule has 2 aromatic heterocycles. The number of hydrogen-bond donors (Lipinski definition) is 1. The molecule has 1 fully saturated rings. The maximum absolute atomic E-state index is 13.0. The van der Waals surface area contributed by atoms with E-state index in [9.17, 15) is 13.2 Å². The highest BCUT2D eigenvalue weighted by molar-refractivity contribution is 7.99. The average molecular weight is 497 g/mol. The van der Waals surface area contributed by atoms with Crippen LogP contribution in [-0.2, 0) is 19.6 Å². The number of sulfonamides is 1. The summed E-state index contributed by atoms with van der Waals surface area (Å²) in [5.41, 5.74) is 2.09. The van der Waals surface area contributed by atoms with Crippen LogP contribution in [0.2, 0.25) is 5.02 Å². The summed E-state index contributed by atoms with van der Waals surface area (Å²) in [6.45, 7) is 4.96. The predicted octanol–water partition coefficient (Wildman–Crippen LogP) is 2.15. The summed E-state index contributed by atoms with van der Waals surface area (Å²) in [5.74, 6) is 0.213. The molecule has 1 amide bonds. The first kappa shape index (κ1) is 22.9. The number of fused-ring (bicyclic) bond motifs is 1. The van der Waals surface area contributed by atoms with Crippen LogP contribution in [0.1, 0.15) is 11.4 Å². The molecule has 1 aromatic carbocycles. The molecule has 32 heavy (non-hydrogen) atoms. The Bertz CT molecular complexity index is 1270. The number of anilines is 1. The van der Waals surface area contributed by atoms with Gasteiger partial charge >= 0.3 is 0 Å². The van der Waals surface area contributed by atoms with Crippen molar-refractivity contribution in [1.29, 1.82) is 0 Å². The Hall–Kier alpha value is -2.25. The van der Waals surface area contributed by atoms with Crippen LogP contribution in [0.4, 0.5) is 5.69 Å². The molecule has 10 nitrogen and oxygen atoms in total. The maximum atomic E-state index is 13.0. The molecule has 0 unspecified atom stereocenters. The van der Waals surface area contributed by atoms with E-state index in [0.717, 1.165) is 11.4 Å². The third-order valence-corrected chi connectivity index (χ3v) is 8.11. The van der Waals surface area contributed by atoms with Gasteiger partial charge in [0, 0.05) is 30.2 Å². The number of halogens is 1. The topological polar surface area (TPSA) is 119 Å². The number of nitrogens with one attached hydrogen (secondary N) is 1. The molecule has 4 rings (SSSR count). The van der Waals surface area contributed by atoms with Crippen LogP contribution in [0.15, 0.2) is 34.3 Å². The van der Waals surface area contributed by atoms with Crippen LogP contribution in [-0.4, -0.2) is 70.3 Å². The minimum absolute atomic E-state index is 0.0490. The largest absolute Gasteiger partial charge is 0.379 e. The van der Waals surface area contributed by atoms with Gasteiger partial charge in [0.1, 0.15) is 4.90 Å². The second kappa shape index (κ2) is 9.32. The summed E-state index contributed by atoms with van der Waals surface area (Å²) in [5, 5.41) is 11.5. The number of nitrogens with zero attached hydrogens (tertiary/aromatic N) is 5. The summed E-state index contributed by atoms with van der Waals surface area (Å²) in [6, 6.07) is 6.30. The van der Waals surface area contributed by atoms with Gasteiger partial charge in [0.15, 0.2) is 5.16 Å². The van der Waals surface area contributed by atoms with Gasteiger partial charge in [-0.25, -0.2) is 13.4 Å². The Labute approximate surface area is 194 Å². The highest BCUT2D eigenvalue weighted by atomic mass is 35.5. The number of carbonyl (C=O) groups excluding carboxylic acids is 1. The van der Waals surface area contributed by atoms with E-state index in [1.54, 1.807) is 10.5 Å². The second-order valence-corrected chi connectivity index (χ2v) is 10.4. The molecule has 1 saturated heterocycles. The van der Waals surface area contributed by atoms with Gasteiger partial charge in [0.05, 0.1) is 24.0 Å². The van der Waals surface area contributed by atoms with Crippen molar-refractivity contribution in [2.75, 3.05) is 37.4 Å². The zero-order valence-electron chi connectivity index (χ0n) is 17.4. The first-order valence-electron chi connectivity index (χ1n) is 9.75. The van der Waals surface area contributed by atoms with Crippen LogP contribution in [0.3, 0.4) is 0 Å². The highest BCUT2D eigenvalue weighted by Gasteiger charge is 2.28. The lowest BCUT2D eigenvalue weighted by molar-refractivity contribution is -0.113. The number of thioether (sulfide) groups is 1. The Kier molecular flexibility index (Phi) is 6.67. The zero-order valence-corrected chi connectivity index (χ0v) is 19.8. The third kappa shape index (κ3) is 4.74. The summed E-state index contributed by atoms with van der Waals surface area (Å²) in [7, 11) is -3.80. The van der Waals surface area contributed by atoms with E-state index in [2.05, 4.69) is 20.5 Å². The van der Waals surface area contributed by atoms with Gasteiger partial charge in [-0.3, -0.25) is 9.20 Å². The van der Waals surface area contributed by atoms with Crippen molar-refractivity contribution in [1.82, 2.24) is 23.9 Å². The van der Waals surface area contributed by atoms with Gasteiger partial charge in [-0.15, -0.1) is 10.2 Å². The van der Waals surface area contributed by atoms with E-state index in [0.29, 0.717) is 29.8 Å². The van der Waals surface area contributed by atoms with Crippen molar-refractivity contribution in [3.8, 4) is 0 Å². The molecule has 0 radical (unpaired) electrons. The molecular weight excluding hydrogens is 476 g/mol. The van der Waals surface area contributed by atoms with E-state index < -0.39 is 10.0 Å². The number of morpholine rings is 1. The number of ether oxygens (including phenoxy) is 1. The van der Waals surface area contributed by atoms with Crippen LogP contribution in [0.5, 0.6) is 0 Å². The molecule has 0 atom stereocenters. The molecule has 13 heteroatoms. The molecule has 1 aliphatic heterocycles. The van der Waals surface area contributed by atoms with E-state index in [-0.39, 0.29) is 34.7 Å². The van der Waals surface area contributed by atoms with E-state index in [1.165, 1.54) is 28.2 Å². The quantitative estimate of drug-likeness (QED) is 0.515. The SMILES string of the molecule is Cc1cc(C)n2c(SCC(=O)Nc3ccc(Cl)c(S(=O)(=O)N4CCOCC4)c3)nnc2n1. The summed E-state index contributed by atoms with van der Waals surface area (Å²) >= 11 is 7.38. The Morgan fingerprint density at radius 2 is 1.97 bits per heavy atom. The summed E-state index contributed by atoms with van der Waals surface area (Å²) in [6.07, 6.45) is 0. The van der Waals surface area contributed by atoms with Gasteiger partial charge < -0.3 is 10.1 Å². The number of benzene rings is 1. The van der Waals surface area contributed by atoms with Crippen molar-refractivity contribution >= 4 is 50.8 Å². The Balaban J connectivity index is 1.47. The van der Waals surface area contributed by atoms with Crippen molar-refractivity contribution in [3.05, 3.63) is 40.7 Å². The maximum Gasteiger partial charge on any atom is 0.256 e. The number of aromatic nitrogens is 4. The number of aryl methyl sites for hydroxylation is 2. The second-order valence-electron chi connectivity index (χ2n) is 7.16. The van der Waals surface area contributed by atoms with E-state index in [1.807, 2.05) is 19.9 Å². The number of hydrogen-bond acceptors (Lipinski definition) is 8. The molecule has 0 bridgehead atoms. The molecule has 0 saturated carbocycles. The third-order valence-electron chi connectivity index (χ3n) is 4.80. The predicted molar refractivity (Wildman–Crippen MR) is 121 cm³/mol. The van der Waals surface area contributed by atoms with E-state index >= 15 is 0 Å². The lowest BCUT2D eigenvalue weighted by Gasteiger charge is -2.26. The molecule has 170 valence electrons. The monoisotopic (exact) mass is 496 g/mol. The van der Waals surface area contributed by atoms with Gasteiger partial charge in [-0.1, -0.05) is 23.4 Å². The number of rotatable bonds is 6. The van der Waals surface area contributed by atoms with Crippen molar-refractivity contribution < 1.29 is 17.9 Å². The number of amides is 1. The van der Waals surface area contributed by atoms with Gasteiger partial charge in [0.25, 0.3) is 5.78 Å². The van der Waals surface area contributed by atoms with Gasteiger partial charge in [-0.2, -0.15) is 4.31 Å². The van der Waals surface area contributed by atoms with Crippen molar-refractivity contribution in [2.24, 2.45) is 0 Å². The van der Waals surface area contributed by atoms with Crippen LogP contribution in [0, 0.1) is 13.8 Å². The molecule has 0 aliphatic carbocycles. The van der Waals surface area contributed by atoms with Crippen LogP contribution < -0.4 is 5.32 Å². The zero-order chi connectivity index (χ0) is 22.9. The van der Waals surface area contributed by atoms with Crippen LogP contribution in [0.25, 0.3) is 5.78 Å². The lowest BCUT2D eigenvalue weighted by atomic mass is 10.3. The molecule has 1 N–H and O–H groups in total. The smallest absolute Gasteiger partial charge is 0.256 e. The van der Waals surface area contributed by atoms with Crippen molar-refractivity contribution in [2.45, 2.75) is 23.9 Å². The van der Waals surface area contributed by atoms with Crippen molar-refractivity contribution in [3.63, 3.8) is 0 Å². The first-order chi connectivity index (χ1) is 15.3. The number of carbonyl (C=O) groups is 1. The summed E-state index contributed by atoms with van der Waals surface area (Å²) < 4.78 is 34.2. The fraction of sp³-hybridized carbons (Fsp3) is 0.368. The molecular formula is C19H21ClN6O4S2.